The molecule has 3 rings (SSSR count). The number of phenolic OH excluding ortho intramolecular Hbond substituents is 1. The molecule has 0 aromatic heterocycles. The molecule has 2 amide bonds. The number of hydrogen-bond acceptors (Lipinski definition) is 3. The maximum absolute atomic E-state index is 12.6. The van der Waals surface area contributed by atoms with Crippen molar-refractivity contribution >= 4 is 11.8 Å². The van der Waals surface area contributed by atoms with Crippen molar-refractivity contribution in [3.05, 3.63) is 65.7 Å². The third-order valence-electron chi connectivity index (χ3n) is 4.74. The molecule has 2 aromatic carbocycles. The van der Waals surface area contributed by atoms with E-state index in [1.54, 1.807) is 23.1 Å². The molecule has 0 atom stereocenters. The third kappa shape index (κ3) is 4.42. The van der Waals surface area contributed by atoms with Crippen LogP contribution < -0.4 is 0 Å². The summed E-state index contributed by atoms with van der Waals surface area (Å²) in [4.78, 5) is 28.7. The van der Waals surface area contributed by atoms with Gasteiger partial charge < -0.3 is 14.9 Å². The summed E-state index contributed by atoms with van der Waals surface area (Å²) < 4.78 is 0. The van der Waals surface area contributed by atoms with Crippen molar-refractivity contribution in [3.8, 4) is 5.75 Å². The van der Waals surface area contributed by atoms with Gasteiger partial charge in [-0.3, -0.25) is 9.59 Å². The predicted molar refractivity (Wildman–Crippen MR) is 100.0 cm³/mol. The van der Waals surface area contributed by atoms with E-state index in [1.165, 1.54) is 6.07 Å². The Bertz CT molecular complexity index is 761. The van der Waals surface area contributed by atoms with Crippen LogP contribution in [0.5, 0.6) is 5.75 Å². The second-order valence-corrected chi connectivity index (χ2v) is 6.53. The van der Waals surface area contributed by atoms with E-state index in [2.05, 4.69) is 0 Å². The van der Waals surface area contributed by atoms with E-state index in [4.69, 9.17) is 0 Å². The van der Waals surface area contributed by atoms with Gasteiger partial charge in [-0.2, -0.15) is 0 Å². The van der Waals surface area contributed by atoms with E-state index >= 15 is 0 Å². The Morgan fingerprint density at radius 2 is 1.50 bits per heavy atom. The molecule has 0 spiro atoms. The van der Waals surface area contributed by atoms with Crippen molar-refractivity contribution in [2.24, 2.45) is 0 Å². The molecule has 1 N–H and O–H groups in total. The minimum atomic E-state index is -0.179. The van der Waals surface area contributed by atoms with Gasteiger partial charge in [0.25, 0.3) is 5.91 Å². The van der Waals surface area contributed by atoms with Gasteiger partial charge in [0.1, 0.15) is 5.75 Å². The van der Waals surface area contributed by atoms with Gasteiger partial charge in [-0.15, -0.1) is 0 Å². The molecule has 1 aliphatic heterocycles. The highest BCUT2D eigenvalue weighted by atomic mass is 16.3. The van der Waals surface area contributed by atoms with Crippen LogP contribution in [0.3, 0.4) is 0 Å². The van der Waals surface area contributed by atoms with Gasteiger partial charge in [-0.25, -0.2) is 0 Å². The molecule has 1 fully saturated rings. The molecule has 0 saturated carbocycles. The van der Waals surface area contributed by atoms with Crippen molar-refractivity contribution in [3.63, 3.8) is 0 Å². The van der Waals surface area contributed by atoms with Crippen LogP contribution in [-0.2, 0) is 11.2 Å². The fourth-order valence-electron chi connectivity index (χ4n) is 3.25. The number of hydrogen-bond donors (Lipinski definition) is 1. The van der Waals surface area contributed by atoms with Gasteiger partial charge >= 0.3 is 0 Å². The molecule has 136 valence electrons. The molecule has 5 heteroatoms. The fraction of sp³-hybridized carbons (Fsp3) is 0.333. The number of carbonyl (C=O) groups excluding carboxylic acids is 2. The Morgan fingerprint density at radius 1 is 0.846 bits per heavy atom. The summed E-state index contributed by atoms with van der Waals surface area (Å²) in [5, 5.41) is 9.89. The van der Waals surface area contributed by atoms with E-state index in [-0.39, 0.29) is 17.6 Å². The fourth-order valence-corrected chi connectivity index (χ4v) is 3.25. The summed E-state index contributed by atoms with van der Waals surface area (Å²) in [5.41, 5.74) is 1.48. The summed E-state index contributed by atoms with van der Waals surface area (Å²) in [6.07, 6.45) is 1.96. The molecule has 26 heavy (non-hydrogen) atoms. The Kier molecular flexibility index (Phi) is 5.89. The van der Waals surface area contributed by atoms with Gasteiger partial charge in [0.15, 0.2) is 0 Å². The van der Waals surface area contributed by atoms with Crippen molar-refractivity contribution in [2.45, 2.75) is 19.3 Å². The van der Waals surface area contributed by atoms with Gasteiger partial charge in [-0.1, -0.05) is 42.5 Å². The molecule has 0 radical (unpaired) electrons. The lowest BCUT2D eigenvalue weighted by atomic mass is 10.1. The first-order chi connectivity index (χ1) is 12.6. The monoisotopic (exact) mass is 352 g/mol. The number of aromatic hydroxyl groups is 1. The summed E-state index contributed by atoms with van der Waals surface area (Å²) in [7, 11) is 0. The standard InChI is InChI=1S/C21H24N2O3/c24-19-10-5-4-9-18(19)21(26)23-14-6-13-22(15-16-23)20(25)12-11-17-7-2-1-3-8-17/h1-5,7-10,24H,6,11-16H2. The second kappa shape index (κ2) is 8.52. The highest BCUT2D eigenvalue weighted by Crippen LogP contribution is 2.19. The number of phenols is 1. The number of amides is 2. The average Bonchev–Trinajstić information content (AvgIpc) is 2.93. The molecule has 0 bridgehead atoms. The highest BCUT2D eigenvalue weighted by molar-refractivity contribution is 5.96. The van der Waals surface area contributed by atoms with Crippen LogP contribution in [0.25, 0.3) is 0 Å². The van der Waals surface area contributed by atoms with Crippen LogP contribution in [0.15, 0.2) is 54.6 Å². The predicted octanol–water partition coefficient (Wildman–Crippen LogP) is 2.70. The van der Waals surface area contributed by atoms with Crippen molar-refractivity contribution in [1.82, 2.24) is 9.80 Å². The van der Waals surface area contributed by atoms with Crippen molar-refractivity contribution < 1.29 is 14.7 Å². The number of nitrogens with zero attached hydrogens (tertiary/aromatic N) is 2. The number of rotatable bonds is 4. The topological polar surface area (TPSA) is 60.9 Å². The third-order valence-corrected chi connectivity index (χ3v) is 4.74. The first kappa shape index (κ1) is 18.0. The van der Waals surface area contributed by atoms with Crippen molar-refractivity contribution in [1.29, 1.82) is 0 Å². The normalized spacial score (nSPS) is 14.8. The Balaban J connectivity index is 1.55. The number of aryl methyl sites for hydroxylation is 1. The molecule has 5 nitrogen and oxygen atoms in total. The molecular weight excluding hydrogens is 328 g/mol. The number of para-hydroxylation sites is 1. The summed E-state index contributed by atoms with van der Waals surface area (Å²) >= 11 is 0. The lowest BCUT2D eigenvalue weighted by Crippen LogP contribution is -2.37. The van der Waals surface area contributed by atoms with E-state index in [1.807, 2.05) is 35.2 Å². The average molecular weight is 352 g/mol. The maximum atomic E-state index is 12.6. The Hall–Kier alpha value is -2.82. The Morgan fingerprint density at radius 3 is 2.27 bits per heavy atom. The zero-order valence-electron chi connectivity index (χ0n) is 14.8. The highest BCUT2D eigenvalue weighted by Gasteiger charge is 2.23. The minimum absolute atomic E-state index is 0.00228. The van der Waals surface area contributed by atoms with Gasteiger partial charge in [0.2, 0.25) is 5.91 Å². The summed E-state index contributed by atoms with van der Waals surface area (Å²) in [6.45, 7) is 2.28. The summed E-state index contributed by atoms with van der Waals surface area (Å²) in [6, 6.07) is 16.6. The molecule has 0 aliphatic carbocycles. The molecular formula is C21H24N2O3. The molecule has 2 aromatic rings. The van der Waals surface area contributed by atoms with Gasteiger partial charge in [0.05, 0.1) is 5.56 Å². The second-order valence-electron chi connectivity index (χ2n) is 6.53. The number of benzene rings is 2. The van der Waals surface area contributed by atoms with Crippen LogP contribution in [0.1, 0.15) is 28.8 Å². The lowest BCUT2D eigenvalue weighted by Gasteiger charge is -2.22. The minimum Gasteiger partial charge on any atom is -0.507 e. The van der Waals surface area contributed by atoms with Crippen LogP contribution >= 0.6 is 0 Å². The van der Waals surface area contributed by atoms with E-state index in [9.17, 15) is 14.7 Å². The van der Waals surface area contributed by atoms with E-state index < -0.39 is 0 Å². The lowest BCUT2D eigenvalue weighted by molar-refractivity contribution is -0.131. The van der Waals surface area contributed by atoms with Crippen LogP contribution in [-0.4, -0.2) is 52.9 Å². The maximum Gasteiger partial charge on any atom is 0.257 e. The SMILES string of the molecule is O=C(CCc1ccccc1)N1CCCN(C(=O)c2ccccc2O)CC1. The first-order valence-corrected chi connectivity index (χ1v) is 9.04. The quantitative estimate of drug-likeness (QED) is 0.920. The van der Waals surface area contributed by atoms with E-state index in [0.29, 0.717) is 38.2 Å². The smallest absolute Gasteiger partial charge is 0.257 e. The van der Waals surface area contributed by atoms with Crippen LogP contribution in [0.2, 0.25) is 0 Å². The zero-order valence-corrected chi connectivity index (χ0v) is 14.8. The van der Waals surface area contributed by atoms with Gasteiger partial charge in [-0.05, 0) is 30.5 Å². The van der Waals surface area contributed by atoms with E-state index in [0.717, 1.165) is 18.4 Å². The summed E-state index contributed by atoms with van der Waals surface area (Å²) in [5.74, 6) is -0.0510. The first-order valence-electron chi connectivity index (χ1n) is 9.04. The Labute approximate surface area is 153 Å². The largest absolute Gasteiger partial charge is 0.507 e. The van der Waals surface area contributed by atoms with Crippen molar-refractivity contribution in [2.75, 3.05) is 26.2 Å². The molecule has 0 unspecified atom stereocenters. The number of carbonyl (C=O) groups is 2. The van der Waals surface area contributed by atoms with Crippen LogP contribution in [0, 0.1) is 0 Å². The van der Waals surface area contributed by atoms with Crippen LogP contribution in [0.4, 0.5) is 0 Å². The molecule has 1 saturated heterocycles. The molecule has 1 aliphatic rings. The van der Waals surface area contributed by atoms with Gasteiger partial charge in [0, 0.05) is 32.6 Å². The zero-order chi connectivity index (χ0) is 18.4. The molecule has 1 heterocycles.